The zero-order valence-corrected chi connectivity index (χ0v) is 13.1. The Hall–Kier alpha value is -0.970. The number of halogens is 3. The standard InChI is InChI=1S/C16H25F3N2/c1-4-21-11(2)9-13(12(21)3)10-20-15-8-6-5-7-14(15)16(17,18)19/h9,14-15,20H,4-8,10H2,1-3H3. The molecule has 2 rings (SSSR count). The van der Waals surface area contributed by atoms with Gasteiger partial charge in [-0.25, -0.2) is 0 Å². The second kappa shape index (κ2) is 6.42. The molecule has 21 heavy (non-hydrogen) atoms. The molecular formula is C16H25F3N2. The van der Waals surface area contributed by atoms with Gasteiger partial charge in [0.05, 0.1) is 5.92 Å². The molecule has 2 atom stereocenters. The lowest BCUT2D eigenvalue weighted by Gasteiger charge is -2.33. The van der Waals surface area contributed by atoms with E-state index in [1.807, 2.05) is 13.8 Å². The Morgan fingerprint density at radius 2 is 1.90 bits per heavy atom. The van der Waals surface area contributed by atoms with Crippen LogP contribution in [-0.4, -0.2) is 16.8 Å². The van der Waals surface area contributed by atoms with E-state index in [4.69, 9.17) is 0 Å². The number of nitrogens with zero attached hydrogens (tertiary/aromatic N) is 1. The van der Waals surface area contributed by atoms with Crippen molar-refractivity contribution in [2.45, 2.75) is 71.8 Å². The maximum atomic E-state index is 13.1. The number of aryl methyl sites for hydroxylation is 1. The van der Waals surface area contributed by atoms with Gasteiger partial charge < -0.3 is 9.88 Å². The Morgan fingerprint density at radius 3 is 2.48 bits per heavy atom. The van der Waals surface area contributed by atoms with Crippen LogP contribution in [0.15, 0.2) is 6.07 Å². The molecule has 1 saturated carbocycles. The molecule has 0 radical (unpaired) electrons. The summed E-state index contributed by atoms with van der Waals surface area (Å²) in [7, 11) is 0. The second-order valence-electron chi connectivity index (χ2n) is 6.06. The molecule has 1 aliphatic carbocycles. The molecule has 0 saturated heterocycles. The third kappa shape index (κ3) is 3.62. The zero-order valence-electron chi connectivity index (χ0n) is 13.1. The summed E-state index contributed by atoms with van der Waals surface area (Å²) in [6, 6.07) is 1.64. The number of aromatic nitrogens is 1. The van der Waals surface area contributed by atoms with Gasteiger partial charge in [0.1, 0.15) is 0 Å². The topological polar surface area (TPSA) is 17.0 Å². The van der Waals surface area contributed by atoms with Crippen LogP contribution in [0.4, 0.5) is 13.2 Å². The van der Waals surface area contributed by atoms with Gasteiger partial charge in [-0.05, 0) is 45.2 Å². The summed E-state index contributed by atoms with van der Waals surface area (Å²) in [4.78, 5) is 0. The lowest BCUT2D eigenvalue weighted by Crippen LogP contribution is -2.45. The quantitative estimate of drug-likeness (QED) is 0.875. The smallest absolute Gasteiger partial charge is 0.349 e. The Balaban J connectivity index is 2.04. The summed E-state index contributed by atoms with van der Waals surface area (Å²) in [5.74, 6) is -1.19. The third-order valence-electron chi connectivity index (χ3n) is 4.74. The van der Waals surface area contributed by atoms with E-state index >= 15 is 0 Å². The van der Waals surface area contributed by atoms with Crippen molar-refractivity contribution >= 4 is 0 Å². The predicted molar refractivity (Wildman–Crippen MR) is 78.2 cm³/mol. The van der Waals surface area contributed by atoms with Crippen molar-refractivity contribution in [3.63, 3.8) is 0 Å². The van der Waals surface area contributed by atoms with Crippen molar-refractivity contribution in [3.8, 4) is 0 Å². The average Bonchev–Trinajstić information content (AvgIpc) is 2.70. The number of alkyl halides is 3. The summed E-state index contributed by atoms with van der Waals surface area (Å²) >= 11 is 0. The fraction of sp³-hybridized carbons (Fsp3) is 0.750. The van der Waals surface area contributed by atoms with E-state index in [9.17, 15) is 13.2 Å². The van der Waals surface area contributed by atoms with Gasteiger partial charge in [-0.3, -0.25) is 0 Å². The van der Waals surface area contributed by atoms with E-state index in [2.05, 4.69) is 22.9 Å². The van der Waals surface area contributed by atoms with Gasteiger partial charge in [-0.2, -0.15) is 13.2 Å². The van der Waals surface area contributed by atoms with Crippen LogP contribution in [-0.2, 0) is 13.1 Å². The van der Waals surface area contributed by atoms with E-state index in [1.165, 1.54) is 5.69 Å². The predicted octanol–water partition coefficient (Wildman–Crippen LogP) is 4.34. The van der Waals surface area contributed by atoms with Crippen LogP contribution < -0.4 is 5.32 Å². The lowest BCUT2D eigenvalue weighted by molar-refractivity contribution is -0.189. The second-order valence-corrected chi connectivity index (χ2v) is 6.06. The SMILES string of the molecule is CCn1c(C)cc(CNC2CCCCC2C(F)(F)F)c1C. The normalized spacial score (nSPS) is 23.5. The first-order valence-electron chi connectivity index (χ1n) is 7.80. The van der Waals surface area contributed by atoms with Crippen molar-refractivity contribution in [1.82, 2.24) is 9.88 Å². The lowest BCUT2D eigenvalue weighted by atomic mass is 9.84. The van der Waals surface area contributed by atoms with E-state index in [-0.39, 0.29) is 6.42 Å². The van der Waals surface area contributed by atoms with Crippen molar-refractivity contribution in [2.24, 2.45) is 5.92 Å². The first kappa shape index (κ1) is 16.4. The molecule has 1 aliphatic rings. The van der Waals surface area contributed by atoms with Crippen molar-refractivity contribution in [2.75, 3.05) is 0 Å². The molecule has 5 heteroatoms. The van der Waals surface area contributed by atoms with Gasteiger partial charge in [-0.15, -0.1) is 0 Å². The molecule has 2 nitrogen and oxygen atoms in total. The molecule has 0 aromatic carbocycles. The Morgan fingerprint density at radius 1 is 1.24 bits per heavy atom. The summed E-state index contributed by atoms with van der Waals surface area (Å²) in [6.45, 7) is 7.58. The molecule has 0 amide bonds. The molecule has 120 valence electrons. The molecule has 1 fully saturated rings. The van der Waals surface area contributed by atoms with Crippen LogP contribution in [0, 0.1) is 19.8 Å². The first-order chi connectivity index (χ1) is 9.84. The largest absolute Gasteiger partial charge is 0.393 e. The molecule has 0 aliphatic heterocycles. The average molecular weight is 302 g/mol. The van der Waals surface area contributed by atoms with Crippen LogP contribution in [0.1, 0.15) is 49.6 Å². The third-order valence-corrected chi connectivity index (χ3v) is 4.74. The Bertz CT molecular complexity index is 477. The minimum Gasteiger partial charge on any atom is -0.349 e. The van der Waals surface area contributed by atoms with E-state index in [0.29, 0.717) is 19.4 Å². The molecule has 0 spiro atoms. The molecule has 1 aromatic rings. The minimum atomic E-state index is -4.08. The summed E-state index contributed by atoms with van der Waals surface area (Å²) in [5.41, 5.74) is 3.44. The van der Waals surface area contributed by atoms with Crippen LogP contribution in [0.3, 0.4) is 0 Å². The van der Waals surface area contributed by atoms with E-state index < -0.39 is 18.1 Å². The van der Waals surface area contributed by atoms with Gasteiger partial charge in [0.25, 0.3) is 0 Å². The fourth-order valence-corrected chi connectivity index (χ4v) is 3.55. The molecule has 1 N–H and O–H groups in total. The van der Waals surface area contributed by atoms with Gasteiger partial charge in [0.2, 0.25) is 0 Å². The van der Waals surface area contributed by atoms with Crippen LogP contribution in [0.2, 0.25) is 0 Å². The van der Waals surface area contributed by atoms with Crippen molar-refractivity contribution in [3.05, 3.63) is 23.0 Å². The number of rotatable bonds is 4. The maximum absolute atomic E-state index is 13.1. The molecule has 0 bridgehead atoms. The van der Waals surface area contributed by atoms with Crippen LogP contribution >= 0.6 is 0 Å². The van der Waals surface area contributed by atoms with Gasteiger partial charge in [0.15, 0.2) is 0 Å². The van der Waals surface area contributed by atoms with Gasteiger partial charge in [0, 0.05) is 30.5 Å². The van der Waals surface area contributed by atoms with Crippen LogP contribution in [0.25, 0.3) is 0 Å². The molecule has 1 heterocycles. The highest BCUT2D eigenvalue weighted by molar-refractivity contribution is 5.26. The van der Waals surface area contributed by atoms with E-state index in [1.54, 1.807) is 0 Å². The zero-order chi connectivity index (χ0) is 15.6. The number of hydrogen-bond donors (Lipinski definition) is 1. The fourth-order valence-electron chi connectivity index (χ4n) is 3.55. The van der Waals surface area contributed by atoms with E-state index in [0.717, 1.165) is 24.2 Å². The monoisotopic (exact) mass is 302 g/mol. The Labute approximate surface area is 124 Å². The van der Waals surface area contributed by atoms with Crippen molar-refractivity contribution in [1.29, 1.82) is 0 Å². The van der Waals surface area contributed by atoms with Crippen molar-refractivity contribution < 1.29 is 13.2 Å². The van der Waals surface area contributed by atoms with Crippen LogP contribution in [0.5, 0.6) is 0 Å². The highest BCUT2D eigenvalue weighted by Gasteiger charge is 2.45. The number of hydrogen-bond acceptors (Lipinski definition) is 1. The highest BCUT2D eigenvalue weighted by atomic mass is 19.4. The summed E-state index contributed by atoms with van der Waals surface area (Å²) < 4.78 is 41.4. The Kier molecular flexibility index (Phi) is 5.02. The number of nitrogens with one attached hydrogen (secondary N) is 1. The molecule has 1 aromatic heterocycles. The minimum absolute atomic E-state index is 0.259. The summed E-state index contributed by atoms with van der Waals surface area (Å²) in [5, 5.41) is 3.17. The first-order valence-corrected chi connectivity index (χ1v) is 7.80. The maximum Gasteiger partial charge on any atom is 0.393 e. The summed E-state index contributed by atoms with van der Waals surface area (Å²) in [6.07, 6.45) is -1.63. The molecule has 2 unspecified atom stereocenters. The highest BCUT2D eigenvalue weighted by Crippen LogP contribution is 2.37. The van der Waals surface area contributed by atoms with Gasteiger partial charge in [-0.1, -0.05) is 12.8 Å². The molecular weight excluding hydrogens is 277 g/mol. The van der Waals surface area contributed by atoms with Gasteiger partial charge >= 0.3 is 6.18 Å².